The SMILES string of the molecule is CCOC(=O)c1[nH]nc2c1CCc1[nH]nc(-c3ccc(S(C)(=O)=O)cc3)c1-2. The fraction of sp³-hybridized carbons (Fsp3) is 0.278. The number of hydrogen-bond acceptors (Lipinski definition) is 6. The molecule has 2 N–H and O–H groups in total. The lowest BCUT2D eigenvalue weighted by Crippen LogP contribution is -2.10. The van der Waals surface area contributed by atoms with E-state index < -0.39 is 15.8 Å². The minimum Gasteiger partial charge on any atom is -0.461 e. The number of esters is 1. The van der Waals surface area contributed by atoms with Crippen molar-refractivity contribution in [3.05, 3.63) is 41.2 Å². The quantitative estimate of drug-likeness (QED) is 0.663. The molecule has 1 aliphatic rings. The topological polar surface area (TPSA) is 118 Å². The van der Waals surface area contributed by atoms with Crippen LogP contribution in [-0.4, -0.2) is 47.6 Å². The number of carbonyl (C=O) groups excluding carboxylic acids is 1. The highest BCUT2D eigenvalue weighted by Crippen LogP contribution is 2.39. The molecule has 140 valence electrons. The van der Waals surface area contributed by atoms with Crippen LogP contribution in [0, 0.1) is 0 Å². The van der Waals surface area contributed by atoms with Crippen molar-refractivity contribution in [1.82, 2.24) is 20.4 Å². The first-order valence-electron chi connectivity index (χ1n) is 8.52. The molecule has 27 heavy (non-hydrogen) atoms. The molecular formula is C18H18N4O4S. The van der Waals surface area contributed by atoms with Gasteiger partial charge < -0.3 is 4.74 Å². The summed E-state index contributed by atoms with van der Waals surface area (Å²) in [6, 6.07) is 6.56. The third kappa shape index (κ3) is 2.93. The molecule has 1 aliphatic carbocycles. The van der Waals surface area contributed by atoms with E-state index in [0.29, 0.717) is 36.5 Å². The van der Waals surface area contributed by atoms with Gasteiger partial charge in [-0.05, 0) is 31.9 Å². The number of ether oxygens (including phenoxy) is 1. The Labute approximate surface area is 155 Å². The van der Waals surface area contributed by atoms with E-state index in [1.807, 2.05) is 0 Å². The number of aromatic nitrogens is 4. The van der Waals surface area contributed by atoms with Gasteiger partial charge in [-0.2, -0.15) is 10.2 Å². The average molecular weight is 386 g/mol. The van der Waals surface area contributed by atoms with Crippen LogP contribution in [0.4, 0.5) is 0 Å². The second-order valence-corrected chi connectivity index (χ2v) is 8.38. The summed E-state index contributed by atoms with van der Waals surface area (Å²) in [7, 11) is -3.26. The number of sulfone groups is 1. The molecule has 0 bridgehead atoms. The zero-order valence-corrected chi connectivity index (χ0v) is 15.7. The van der Waals surface area contributed by atoms with Gasteiger partial charge in [0.1, 0.15) is 17.1 Å². The number of hydrogen-bond donors (Lipinski definition) is 2. The van der Waals surface area contributed by atoms with Crippen LogP contribution in [0.5, 0.6) is 0 Å². The number of aryl methyl sites for hydroxylation is 1. The molecule has 0 spiro atoms. The second-order valence-electron chi connectivity index (χ2n) is 6.37. The van der Waals surface area contributed by atoms with Crippen molar-refractivity contribution in [3.8, 4) is 22.5 Å². The molecule has 1 aromatic carbocycles. The third-order valence-corrected chi connectivity index (χ3v) is 5.73. The molecule has 8 nitrogen and oxygen atoms in total. The van der Waals surface area contributed by atoms with Gasteiger partial charge in [0.2, 0.25) is 0 Å². The smallest absolute Gasteiger partial charge is 0.356 e. The lowest BCUT2D eigenvalue weighted by Gasteiger charge is -2.13. The highest BCUT2D eigenvalue weighted by molar-refractivity contribution is 7.90. The monoisotopic (exact) mass is 386 g/mol. The summed E-state index contributed by atoms with van der Waals surface area (Å²) < 4.78 is 28.4. The molecule has 0 amide bonds. The first-order valence-corrected chi connectivity index (χ1v) is 10.4. The van der Waals surface area contributed by atoms with E-state index in [9.17, 15) is 13.2 Å². The van der Waals surface area contributed by atoms with Crippen LogP contribution in [0.2, 0.25) is 0 Å². The fourth-order valence-corrected chi connectivity index (χ4v) is 3.95. The van der Waals surface area contributed by atoms with E-state index in [2.05, 4.69) is 20.4 Å². The summed E-state index contributed by atoms with van der Waals surface area (Å²) in [5, 5.41) is 14.6. The van der Waals surface area contributed by atoms with Gasteiger partial charge in [-0.1, -0.05) is 12.1 Å². The zero-order valence-electron chi connectivity index (χ0n) is 14.9. The Balaban J connectivity index is 1.79. The average Bonchev–Trinajstić information content (AvgIpc) is 3.25. The van der Waals surface area contributed by atoms with Crippen LogP contribution in [-0.2, 0) is 27.4 Å². The van der Waals surface area contributed by atoms with Crippen molar-refractivity contribution in [2.24, 2.45) is 0 Å². The standard InChI is InChI=1S/C18H18N4O4S/c1-3-26-18(23)17-12-8-9-13-14(16(12)21-22-17)15(20-19-13)10-4-6-11(7-5-10)27(2,24)25/h4-7H,3,8-9H2,1-2H3,(H,19,20)(H,21,22). The van der Waals surface area contributed by atoms with Gasteiger partial charge in [0.25, 0.3) is 0 Å². The predicted molar refractivity (Wildman–Crippen MR) is 98.1 cm³/mol. The van der Waals surface area contributed by atoms with E-state index in [4.69, 9.17) is 4.74 Å². The Bertz CT molecular complexity index is 1130. The lowest BCUT2D eigenvalue weighted by molar-refractivity contribution is 0.0518. The van der Waals surface area contributed by atoms with E-state index in [1.54, 1.807) is 31.2 Å². The number of nitrogens with one attached hydrogen (secondary N) is 2. The van der Waals surface area contributed by atoms with Crippen molar-refractivity contribution in [2.75, 3.05) is 12.9 Å². The Kier molecular flexibility index (Phi) is 4.11. The van der Waals surface area contributed by atoms with Crippen LogP contribution < -0.4 is 0 Å². The first kappa shape index (κ1) is 17.5. The lowest BCUT2D eigenvalue weighted by atomic mass is 9.90. The Hall–Kier alpha value is -2.94. The summed E-state index contributed by atoms with van der Waals surface area (Å²) in [6.45, 7) is 2.05. The minimum absolute atomic E-state index is 0.251. The van der Waals surface area contributed by atoms with Gasteiger partial charge in [-0.15, -0.1) is 0 Å². The highest BCUT2D eigenvalue weighted by atomic mass is 32.2. The third-order valence-electron chi connectivity index (χ3n) is 4.61. The molecule has 0 saturated heterocycles. The number of aromatic amines is 2. The van der Waals surface area contributed by atoms with Gasteiger partial charge in [0, 0.05) is 23.1 Å². The molecule has 9 heteroatoms. The predicted octanol–water partition coefficient (Wildman–Crippen LogP) is 2.15. The molecule has 0 aliphatic heterocycles. The molecule has 0 atom stereocenters. The summed E-state index contributed by atoms with van der Waals surface area (Å²) in [4.78, 5) is 12.4. The van der Waals surface area contributed by atoms with Crippen LogP contribution in [0.25, 0.3) is 22.5 Å². The van der Waals surface area contributed by atoms with Gasteiger partial charge in [-0.25, -0.2) is 13.2 Å². The highest BCUT2D eigenvalue weighted by Gasteiger charge is 2.30. The molecule has 0 saturated carbocycles. The van der Waals surface area contributed by atoms with E-state index in [1.165, 1.54) is 6.26 Å². The number of H-pyrrole nitrogens is 2. The Morgan fingerprint density at radius 3 is 2.48 bits per heavy atom. The minimum atomic E-state index is -3.26. The molecule has 0 fully saturated rings. The van der Waals surface area contributed by atoms with Crippen molar-refractivity contribution in [2.45, 2.75) is 24.7 Å². The molecule has 2 aromatic heterocycles. The number of fused-ring (bicyclic) bond motifs is 3. The van der Waals surface area contributed by atoms with Crippen molar-refractivity contribution in [3.63, 3.8) is 0 Å². The number of nitrogens with zero attached hydrogens (tertiary/aromatic N) is 2. The zero-order chi connectivity index (χ0) is 19.2. The van der Waals surface area contributed by atoms with Crippen LogP contribution >= 0.6 is 0 Å². The maximum Gasteiger partial charge on any atom is 0.356 e. The van der Waals surface area contributed by atoms with Crippen LogP contribution in [0.15, 0.2) is 29.2 Å². The van der Waals surface area contributed by atoms with Crippen LogP contribution in [0.1, 0.15) is 28.7 Å². The number of carbonyl (C=O) groups is 1. The maximum absolute atomic E-state index is 12.1. The normalized spacial score (nSPS) is 13.1. The summed E-state index contributed by atoms with van der Waals surface area (Å²) in [5.74, 6) is -0.419. The van der Waals surface area contributed by atoms with Gasteiger partial charge in [0.15, 0.2) is 9.84 Å². The summed E-state index contributed by atoms with van der Waals surface area (Å²) >= 11 is 0. The number of benzene rings is 1. The maximum atomic E-state index is 12.1. The Morgan fingerprint density at radius 1 is 1.11 bits per heavy atom. The summed E-state index contributed by atoms with van der Waals surface area (Å²) in [5.41, 5.74) is 5.08. The molecule has 4 rings (SSSR count). The van der Waals surface area contributed by atoms with E-state index in [0.717, 1.165) is 22.4 Å². The molecule has 0 radical (unpaired) electrons. The fourth-order valence-electron chi connectivity index (χ4n) is 3.32. The van der Waals surface area contributed by atoms with Crippen LogP contribution in [0.3, 0.4) is 0 Å². The largest absolute Gasteiger partial charge is 0.461 e. The summed E-state index contributed by atoms with van der Waals surface area (Å²) in [6.07, 6.45) is 2.52. The Morgan fingerprint density at radius 2 is 1.81 bits per heavy atom. The van der Waals surface area contributed by atoms with Gasteiger partial charge >= 0.3 is 5.97 Å². The van der Waals surface area contributed by atoms with Gasteiger partial charge in [-0.3, -0.25) is 10.2 Å². The molecule has 2 heterocycles. The number of rotatable bonds is 4. The van der Waals surface area contributed by atoms with Crippen molar-refractivity contribution in [1.29, 1.82) is 0 Å². The van der Waals surface area contributed by atoms with Gasteiger partial charge in [0.05, 0.1) is 17.1 Å². The molecule has 3 aromatic rings. The van der Waals surface area contributed by atoms with Crippen molar-refractivity contribution < 1.29 is 17.9 Å². The molecule has 0 unspecified atom stereocenters. The van der Waals surface area contributed by atoms with Crippen molar-refractivity contribution >= 4 is 15.8 Å². The first-order chi connectivity index (χ1) is 12.9. The van der Waals surface area contributed by atoms with E-state index in [-0.39, 0.29) is 4.90 Å². The second kappa shape index (κ2) is 6.34. The molecular weight excluding hydrogens is 368 g/mol. The van der Waals surface area contributed by atoms with E-state index >= 15 is 0 Å².